The number of hydrogen-bond acceptors (Lipinski definition) is 8. The molecule has 0 bridgehead atoms. The third-order valence-corrected chi connectivity index (χ3v) is 9.67. The van der Waals surface area contributed by atoms with Crippen LogP contribution in [0.1, 0.15) is 30.5 Å². The summed E-state index contributed by atoms with van der Waals surface area (Å²) in [7, 11) is -6.21. The molecule has 3 heterocycles. The lowest BCUT2D eigenvalue weighted by molar-refractivity contribution is 0.00177. The van der Waals surface area contributed by atoms with Crippen LogP contribution >= 0.6 is 0 Å². The maximum absolute atomic E-state index is 14.1. The Morgan fingerprint density at radius 1 is 1.05 bits per heavy atom. The van der Waals surface area contributed by atoms with Crippen LogP contribution in [0.5, 0.6) is 5.75 Å². The van der Waals surface area contributed by atoms with Crippen LogP contribution in [0.2, 0.25) is 0 Å². The first-order chi connectivity index (χ1) is 18.0. The van der Waals surface area contributed by atoms with Gasteiger partial charge in [-0.25, -0.2) is 25.8 Å². The van der Waals surface area contributed by atoms with E-state index < -0.39 is 25.5 Å². The lowest BCUT2D eigenvalue weighted by atomic mass is 9.84. The highest BCUT2D eigenvalue weighted by Gasteiger charge is 2.42. The van der Waals surface area contributed by atoms with Crippen molar-refractivity contribution in [3.05, 3.63) is 84.2 Å². The number of nitrogens with zero attached hydrogens (tertiary/aromatic N) is 2. The topological polar surface area (TPSA) is 125 Å². The van der Waals surface area contributed by atoms with Crippen LogP contribution in [0.4, 0.5) is 0 Å². The van der Waals surface area contributed by atoms with Crippen molar-refractivity contribution in [2.24, 2.45) is 0 Å². The van der Waals surface area contributed by atoms with E-state index in [9.17, 15) is 21.9 Å². The fourth-order valence-corrected chi connectivity index (χ4v) is 7.06. The van der Waals surface area contributed by atoms with Crippen LogP contribution < -0.4 is 4.74 Å². The molecule has 200 valence electrons. The van der Waals surface area contributed by atoms with Gasteiger partial charge in [0.1, 0.15) is 11.4 Å². The maximum atomic E-state index is 14.1. The van der Waals surface area contributed by atoms with Crippen LogP contribution in [-0.4, -0.2) is 57.0 Å². The summed E-state index contributed by atoms with van der Waals surface area (Å²) in [5, 5.41) is 12.9. The Bertz CT molecular complexity index is 1680. The van der Waals surface area contributed by atoms with Gasteiger partial charge in [-0.2, -0.15) is 0 Å². The van der Waals surface area contributed by atoms with Gasteiger partial charge in [-0.15, -0.1) is 0 Å². The summed E-state index contributed by atoms with van der Waals surface area (Å²) in [5.74, 6) is 0.429. The summed E-state index contributed by atoms with van der Waals surface area (Å²) in [6, 6.07) is 17.0. The molecule has 5 rings (SSSR count). The summed E-state index contributed by atoms with van der Waals surface area (Å²) < 4.78 is 64.5. The summed E-state index contributed by atoms with van der Waals surface area (Å²) in [5.41, 5.74) is -1.33. The number of benzene rings is 2. The third-order valence-electron chi connectivity index (χ3n) is 6.82. The Morgan fingerprint density at radius 2 is 1.76 bits per heavy atom. The first kappa shape index (κ1) is 26.4. The Kier molecular flexibility index (Phi) is 6.80. The van der Waals surface area contributed by atoms with E-state index >= 15 is 0 Å². The SMILES string of the molecule is COc1cnc2c(c1)cc(C(O)(CC1CCCO1)c1ccc(S(C)(=O)=O)cc1)n2S(=O)(=O)c1ccccc1. The van der Waals surface area contributed by atoms with Crippen LogP contribution in [0.25, 0.3) is 11.0 Å². The van der Waals surface area contributed by atoms with Crippen LogP contribution in [-0.2, 0) is 30.2 Å². The van der Waals surface area contributed by atoms with Crippen molar-refractivity contribution in [1.29, 1.82) is 0 Å². The van der Waals surface area contributed by atoms with E-state index in [0.717, 1.165) is 16.6 Å². The lowest BCUT2D eigenvalue weighted by Crippen LogP contribution is -2.36. The molecule has 0 saturated carbocycles. The Morgan fingerprint density at radius 3 is 2.37 bits per heavy atom. The number of aliphatic hydroxyl groups is 1. The number of methoxy groups -OCH3 is 1. The largest absolute Gasteiger partial charge is 0.495 e. The highest BCUT2D eigenvalue weighted by atomic mass is 32.2. The van der Waals surface area contributed by atoms with E-state index in [1.807, 2.05) is 0 Å². The molecule has 1 N–H and O–H groups in total. The van der Waals surface area contributed by atoms with E-state index in [1.54, 1.807) is 30.3 Å². The number of sulfone groups is 1. The van der Waals surface area contributed by atoms with Gasteiger partial charge in [0.25, 0.3) is 10.0 Å². The molecule has 4 aromatic rings. The first-order valence-electron chi connectivity index (χ1n) is 12.1. The fraction of sp³-hybridized carbons (Fsp3) is 0.296. The fourth-order valence-electron chi connectivity index (χ4n) is 4.87. The van der Waals surface area contributed by atoms with Crippen molar-refractivity contribution in [1.82, 2.24) is 8.96 Å². The zero-order valence-corrected chi connectivity index (χ0v) is 22.6. The van der Waals surface area contributed by atoms with Gasteiger partial charge in [-0.05, 0) is 54.8 Å². The van der Waals surface area contributed by atoms with Crippen molar-refractivity contribution >= 4 is 30.9 Å². The zero-order chi connectivity index (χ0) is 27.1. The molecule has 1 aliphatic rings. The second-order valence-corrected chi connectivity index (χ2v) is 13.2. The van der Waals surface area contributed by atoms with Crippen LogP contribution in [0, 0.1) is 0 Å². The predicted octanol–water partition coefficient (Wildman–Crippen LogP) is 3.49. The monoisotopic (exact) mass is 556 g/mol. The lowest BCUT2D eigenvalue weighted by Gasteiger charge is -2.32. The second-order valence-electron chi connectivity index (χ2n) is 9.40. The summed E-state index contributed by atoms with van der Waals surface area (Å²) in [6.07, 6.45) is 3.76. The average molecular weight is 557 g/mol. The van der Waals surface area contributed by atoms with Crippen molar-refractivity contribution in [2.45, 2.75) is 40.8 Å². The Hall–Kier alpha value is -3.25. The van der Waals surface area contributed by atoms with Crippen LogP contribution in [0.15, 0.2) is 82.7 Å². The molecule has 2 unspecified atom stereocenters. The minimum absolute atomic E-state index is 0.0308. The number of fused-ring (bicyclic) bond motifs is 1. The zero-order valence-electron chi connectivity index (χ0n) is 20.9. The molecular weight excluding hydrogens is 528 g/mol. The quantitative estimate of drug-likeness (QED) is 0.350. The van der Waals surface area contributed by atoms with Crippen molar-refractivity contribution < 1.29 is 31.4 Å². The van der Waals surface area contributed by atoms with E-state index in [2.05, 4.69) is 4.98 Å². The third kappa shape index (κ3) is 4.71. The Balaban J connectivity index is 1.80. The van der Waals surface area contributed by atoms with Crippen molar-refractivity contribution in [2.75, 3.05) is 20.0 Å². The highest BCUT2D eigenvalue weighted by Crippen LogP contribution is 2.41. The van der Waals surface area contributed by atoms with E-state index in [0.29, 0.717) is 29.7 Å². The molecule has 1 fully saturated rings. The number of aromatic nitrogens is 2. The predicted molar refractivity (Wildman–Crippen MR) is 141 cm³/mol. The molecule has 1 saturated heterocycles. The summed E-state index contributed by atoms with van der Waals surface area (Å²) >= 11 is 0. The second kappa shape index (κ2) is 9.81. The summed E-state index contributed by atoms with van der Waals surface area (Å²) in [4.78, 5) is 4.51. The Labute approximate surface area is 221 Å². The van der Waals surface area contributed by atoms with Gasteiger partial charge in [-0.1, -0.05) is 30.3 Å². The van der Waals surface area contributed by atoms with Crippen LogP contribution in [0.3, 0.4) is 0 Å². The van der Waals surface area contributed by atoms with Gasteiger partial charge in [-0.3, -0.25) is 0 Å². The van der Waals surface area contributed by atoms with Gasteiger partial charge in [0, 0.05) is 24.7 Å². The van der Waals surface area contributed by atoms with Crippen molar-refractivity contribution in [3.63, 3.8) is 0 Å². The molecule has 11 heteroatoms. The van der Waals surface area contributed by atoms with E-state index in [4.69, 9.17) is 9.47 Å². The molecule has 2 aromatic carbocycles. The first-order valence-corrected chi connectivity index (χ1v) is 15.4. The van der Waals surface area contributed by atoms with Gasteiger partial charge >= 0.3 is 0 Å². The number of pyridine rings is 1. The minimum atomic E-state index is -4.21. The van der Waals surface area contributed by atoms with Gasteiger partial charge < -0.3 is 14.6 Å². The molecule has 0 spiro atoms. The molecule has 2 aromatic heterocycles. The molecule has 0 aliphatic carbocycles. The molecule has 0 amide bonds. The van der Waals surface area contributed by atoms with Crippen molar-refractivity contribution in [3.8, 4) is 5.75 Å². The molecule has 2 atom stereocenters. The smallest absolute Gasteiger partial charge is 0.269 e. The molecular formula is C27H28N2O7S2. The molecule has 38 heavy (non-hydrogen) atoms. The maximum Gasteiger partial charge on any atom is 0.269 e. The molecule has 9 nitrogen and oxygen atoms in total. The van der Waals surface area contributed by atoms with Gasteiger partial charge in [0.05, 0.1) is 34.9 Å². The average Bonchev–Trinajstić information content (AvgIpc) is 3.56. The van der Waals surface area contributed by atoms with E-state index in [-0.39, 0.29) is 33.7 Å². The number of ether oxygens (including phenoxy) is 2. The number of rotatable bonds is 8. The number of hydrogen-bond donors (Lipinski definition) is 1. The summed E-state index contributed by atoms with van der Waals surface area (Å²) in [6.45, 7) is 0.540. The van der Waals surface area contributed by atoms with E-state index in [1.165, 1.54) is 49.7 Å². The molecule has 1 aliphatic heterocycles. The normalized spacial score (nSPS) is 17.9. The van der Waals surface area contributed by atoms with Gasteiger partial charge in [0.15, 0.2) is 15.5 Å². The highest BCUT2D eigenvalue weighted by molar-refractivity contribution is 7.90. The standard InChI is InChI=1S/C27H28N2O7S2/c1-35-22-15-19-16-25(29(26(19)28-18-22)38(33,34)24-8-4-3-5-9-24)27(30,17-21-7-6-14-36-21)20-10-12-23(13-11-20)37(2,31)32/h3-5,8-13,15-16,18,21,30H,6-7,14,17H2,1-2H3. The minimum Gasteiger partial charge on any atom is -0.495 e. The molecule has 0 radical (unpaired) electrons. The van der Waals surface area contributed by atoms with Gasteiger partial charge in [0.2, 0.25) is 0 Å².